The van der Waals surface area contributed by atoms with Crippen LogP contribution in [0.25, 0.3) is 5.69 Å². The van der Waals surface area contributed by atoms with Gasteiger partial charge in [-0.3, -0.25) is 0 Å². The summed E-state index contributed by atoms with van der Waals surface area (Å²) in [5.74, 6) is 0.421. The molecule has 0 radical (unpaired) electrons. The van der Waals surface area contributed by atoms with Crippen molar-refractivity contribution >= 4 is 55.8 Å². The molecular weight excluding hydrogens is 504 g/mol. The van der Waals surface area contributed by atoms with Crippen LogP contribution in [0.15, 0.2) is 81.4 Å². The lowest BCUT2D eigenvalue weighted by molar-refractivity contribution is 0.601. The number of aromatic nitrogens is 4. The molecule has 4 rings (SSSR count). The van der Waals surface area contributed by atoms with Crippen molar-refractivity contribution in [1.82, 2.24) is 19.7 Å². The molecule has 0 aliphatic carbocycles. The van der Waals surface area contributed by atoms with Crippen molar-refractivity contribution in [3.63, 3.8) is 0 Å². The Morgan fingerprint density at radius 3 is 2.49 bits per heavy atom. The summed E-state index contributed by atoms with van der Waals surface area (Å²) in [5.41, 5.74) is 9.53. The summed E-state index contributed by atoms with van der Waals surface area (Å²) in [4.78, 5) is 8.01. The molecule has 0 saturated carbocycles. The molecule has 0 spiro atoms. The van der Waals surface area contributed by atoms with Crippen LogP contribution in [0.1, 0.15) is 17.0 Å². The van der Waals surface area contributed by atoms with Crippen molar-refractivity contribution in [2.45, 2.75) is 18.7 Å². The van der Waals surface area contributed by atoms with E-state index in [1.54, 1.807) is 17.7 Å². The summed E-state index contributed by atoms with van der Waals surface area (Å²) >= 11 is 6.47. The van der Waals surface area contributed by atoms with Crippen LogP contribution in [-0.4, -0.2) is 32.4 Å². The zero-order chi connectivity index (χ0) is 25.0. The van der Waals surface area contributed by atoms with E-state index in [0.717, 1.165) is 17.6 Å². The van der Waals surface area contributed by atoms with Gasteiger partial charge in [0.05, 0.1) is 27.5 Å². The fourth-order valence-corrected chi connectivity index (χ4v) is 4.94. The number of rotatable bonds is 7. The Bertz CT molecular complexity index is 1500. The number of nitrogens with two attached hydrogens (primary N) is 1. The van der Waals surface area contributed by atoms with Gasteiger partial charge in [0.25, 0.3) is 10.0 Å². The number of anilines is 2. The summed E-state index contributed by atoms with van der Waals surface area (Å²) in [6.07, 6.45) is 1.48. The van der Waals surface area contributed by atoms with E-state index in [2.05, 4.69) is 29.4 Å². The van der Waals surface area contributed by atoms with Gasteiger partial charge < -0.3 is 5.73 Å². The monoisotopic (exact) mass is 524 g/mol. The summed E-state index contributed by atoms with van der Waals surface area (Å²) in [7, 11) is -3.84. The van der Waals surface area contributed by atoms with E-state index in [4.69, 9.17) is 18.0 Å². The number of nitrogen functional groups attached to an aromatic ring is 1. The fraction of sp³-hybridized carbons (Fsp3) is 0.0909. The molecule has 0 atom stereocenters. The summed E-state index contributed by atoms with van der Waals surface area (Å²) in [6, 6.07) is 17.1. The van der Waals surface area contributed by atoms with Crippen molar-refractivity contribution in [2.24, 2.45) is 9.63 Å². The first-order chi connectivity index (χ1) is 16.7. The second-order valence-corrected chi connectivity index (χ2v) is 10.4. The number of nitrogens with zero attached hydrogens (tertiary/aromatic N) is 6. The summed E-state index contributed by atoms with van der Waals surface area (Å²) in [6.45, 7) is 3.57. The minimum atomic E-state index is -3.84. The van der Waals surface area contributed by atoms with Crippen molar-refractivity contribution in [2.75, 3.05) is 10.5 Å². The lowest BCUT2D eigenvalue weighted by Gasteiger charge is -2.06. The third-order valence-electron chi connectivity index (χ3n) is 4.75. The lowest BCUT2D eigenvalue weighted by atomic mass is 10.2. The highest BCUT2D eigenvalue weighted by Gasteiger charge is 2.18. The fourth-order valence-electron chi connectivity index (χ4n) is 3.08. The smallest absolute Gasteiger partial charge is 0.264 e. The molecular formula is C22H20N8O2S3. The Morgan fingerprint density at radius 1 is 1.09 bits per heavy atom. The average molecular weight is 525 g/mol. The van der Waals surface area contributed by atoms with E-state index in [1.165, 1.54) is 30.5 Å². The second kappa shape index (κ2) is 10.3. The van der Waals surface area contributed by atoms with E-state index in [-0.39, 0.29) is 10.8 Å². The molecule has 10 nitrogen and oxygen atoms in total. The molecule has 4 aromatic rings. The van der Waals surface area contributed by atoms with Crippen molar-refractivity contribution in [3.8, 4) is 5.69 Å². The maximum atomic E-state index is 12.6. The molecule has 0 fully saturated rings. The molecule has 0 bridgehead atoms. The van der Waals surface area contributed by atoms with Gasteiger partial charge in [-0.2, -0.15) is 5.10 Å². The molecule has 178 valence electrons. The molecule has 0 amide bonds. The van der Waals surface area contributed by atoms with E-state index in [1.807, 2.05) is 37.3 Å². The molecule has 2 aromatic heterocycles. The maximum Gasteiger partial charge on any atom is 0.264 e. The second-order valence-electron chi connectivity index (χ2n) is 7.27. The van der Waals surface area contributed by atoms with Gasteiger partial charge in [0.2, 0.25) is 5.95 Å². The SMILES string of the molecule is Cc1ccnc(NS(=O)(=O)c2ccc(N=NSC(=S)c3c(C)nn(-c4ccccc4)c3N)cc2)n1. The van der Waals surface area contributed by atoms with Crippen molar-refractivity contribution < 1.29 is 8.42 Å². The summed E-state index contributed by atoms with van der Waals surface area (Å²) < 4.78 is 33.6. The number of thiocarbonyl (C=S) groups is 1. The number of para-hydroxylation sites is 1. The highest BCUT2D eigenvalue weighted by atomic mass is 32.2. The van der Waals surface area contributed by atoms with Gasteiger partial charge in [0.15, 0.2) is 0 Å². The lowest BCUT2D eigenvalue weighted by Crippen LogP contribution is -2.15. The van der Waals surface area contributed by atoms with Gasteiger partial charge in [-0.15, -0.1) is 9.63 Å². The normalized spacial score (nSPS) is 11.6. The Kier molecular flexibility index (Phi) is 7.19. The number of nitrogens with one attached hydrogen (secondary N) is 1. The molecule has 35 heavy (non-hydrogen) atoms. The maximum absolute atomic E-state index is 12.6. The van der Waals surface area contributed by atoms with Gasteiger partial charge in [-0.05, 0) is 56.3 Å². The van der Waals surface area contributed by atoms with E-state index >= 15 is 0 Å². The molecule has 3 N–H and O–H groups in total. The van der Waals surface area contributed by atoms with E-state index in [9.17, 15) is 8.42 Å². The minimum Gasteiger partial charge on any atom is -0.383 e. The van der Waals surface area contributed by atoms with Crippen LogP contribution in [0.3, 0.4) is 0 Å². The van der Waals surface area contributed by atoms with Crippen LogP contribution in [0, 0.1) is 13.8 Å². The van der Waals surface area contributed by atoms with Crippen LogP contribution < -0.4 is 10.5 Å². The summed E-state index contributed by atoms with van der Waals surface area (Å²) in [5, 5.41) is 8.59. The number of hydrogen-bond acceptors (Lipinski definition) is 10. The largest absolute Gasteiger partial charge is 0.383 e. The zero-order valence-electron chi connectivity index (χ0n) is 18.7. The zero-order valence-corrected chi connectivity index (χ0v) is 21.1. The van der Waals surface area contributed by atoms with Crippen molar-refractivity contribution in [3.05, 3.63) is 83.8 Å². The van der Waals surface area contributed by atoms with Gasteiger partial charge in [-0.1, -0.05) is 30.4 Å². The molecule has 2 heterocycles. The Hall–Kier alpha value is -3.68. The number of aryl methyl sites for hydroxylation is 2. The number of sulfonamides is 1. The van der Waals surface area contributed by atoms with Crippen LogP contribution in [0.4, 0.5) is 17.5 Å². The first-order valence-electron chi connectivity index (χ1n) is 10.2. The third-order valence-corrected chi connectivity index (χ3v) is 7.05. The Labute approximate surface area is 211 Å². The molecule has 13 heteroatoms. The molecule has 0 aliphatic heterocycles. The van der Waals surface area contributed by atoms with Crippen molar-refractivity contribution in [1.29, 1.82) is 0 Å². The van der Waals surface area contributed by atoms with Gasteiger partial charge in [-0.25, -0.2) is 27.8 Å². The van der Waals surface area contributed by atoms with E-state index < -0.39 is 10.0 Å². The Morgan fingerprint density at radius 2 is 1.80 bits per heavy atom. The molecule has 0 unspecified atom stereocenters. The standard InChI is InChI=1S/C22H20N8O2S3/c1-14-12-13-24-22(25-14)28-35(31,32)18-10-8-16(9-11-18)26-29-34-21(33)19-15(2)27-30(20(19)23)17-6-4-3-5-7-17/h3-13H,23H2,1-2H3,(H,24,25,28). The first kappa shape index (κ1) is 24.4. The molecule has 0 aliphatic rings. The molecule has 2 aromatic carbocycles. The Balaban J connectivity index is 1.43. The predicted octanol–water partition coefficient (Wildman–Crippen LogP) is 4.77. The van der Waals surface area contributed by atoms with E-state index in [0.29, 0.717) is 32.7 Å². The van der Waals surface area contributed by atoms with Gasteiger partial charge >= 0.3 is 0 Å². The predicted molar refractivity (Wildman–Crippen MR) is 141 cm³/mol. The average Bonchev–Trinajstić information content (AvgIpc) is 3.13. The van der Waals surface area contributed by atoms with Crippen LogP contribution in [0.5, 0.6) is 0 Å². The van der Waals surface area contributed by atoms with Gasteiger partial charge in [0.1, 0.15) is 10.0 Å². The highest BCUT2D eigenvalue weighted by molar-refractivity contribution is 8.22. The minimum absolute atomic E-state index is 0.00355. The third kappa shape index (κ3) is 5.70. The van der Waals surface area contributed by atoms with Crippen LogP contribution >= 0.6 is 24.2 Å². The number of benzene rings is 2. The topological polar surface area (TPSA) is 141 Å². The van der Waals surface area contributed by atoms with Gasteiger partial charge in [0, 0.05) is 23.8 Å². The molecule has 0 saturated heterocycles. The first-order valence-corrected chi connectivity index (χ1v) is 12.9. The quantitative estimate of drug-likeness (QED) is 0.200. The van der Waals surface area contributed by atoms with Crippen LogP contribution in [-0.2, 0) is 10.0 Å². The highest BCUT2D eigenvalue weighted by Crippen LogP contribution is 2.28. The number of hydrogen-bond donors (Lipinski definition) is 2. The van der Waals surface area contributed by atoms with Crippen LogP contribution in [0.2, 0.25) is 0 Å².